The Morgan fingerprint density at radius 1 is 1.29 bits per heavy atom. The van der Waals surface area contributed by atoms with E-state index in [1.807, 2.05) is 0 Å². The number of fused-ring (bicyclic) bond motifs is 1. The largest absolute Gasteiger partial charge is 0.396 e. The molecule has 2 N–H and O–H groups in total. The summed E-state index contributed by atoms with van der Waals surface area (Å²) in [6, 6.07) is 4.72. The molecule has 0 bridgehead atoms. The van der Waals surface area contributed by atoms with Gasteiger partial charge in [-0.1, -0.05) is 0 Å². The second kappa shape index (κ2) is 6.51. The minimum Gasteiger partial charge on any atom is -0.396 e. The molecular weight excluding hydrogens is 271 g/mol. The number of hydrogen-bond donors (Lipinski definition) is 2. The van der Waals surface area contributed by atoms with Crippen LogP contribution in [0.25, 0.3) is 11.0 Å². The Hall–Kier alpha value is -1.50. The molecule has 0 unspecified atom stereocenters. The number of benzene rings is 1. The van der Waals surface area contributed by atoms with E-state index in [1.165, 1.54) is 12.1 Å². The average Bonchev–Trinajstić information content (AvgIpc) is 2.82. The quantitative estimate of drug-likeness (QED) is 0.862. The van der Waals surface area contributed by atoms with E-state index in [2.05, 4.69) is 19.8 Å². The summed E-state index contributed by atoms with van der Waals surface area (Å²) < 4.78 is 15.5. The van der Waals surface area contributed by atoms with E-state index in [1.54, 1.807) is 6.07 Å². The van der Waals surface area contributed by atoms with Crippen molar-refractivity contribution in [2.75, 3.05) is 32.8 Å². The third kappa shape index (κ3) is 3.23. The van der Waals surface area contributed by atoms with E-state index in [0.717, 1.165) is 44.1 Å². The van der Waals surface area contributed by atoms with Crippen molar-refractivity contribution < 1.29 is 9.50 Å². The fourth-order valence-electron chi connectivity index (χ4n) is 2.82. The Morgan fingerprint density at radius 3 is 2.86 bits per heavy atom. The molecule has 1 aromatic heterocycles. The van der Waals surface area contributed by atoms with Crippen molar-refractivity contribution in [3.63, 3.8) is 0 Å². The summed E-state index contributed by atoms with van der Waals surface area (Å²) >= 11 is 0. The summed E-state index contributed by atoms with van der Waals surface area (Å²) in [5.74, 6) is 0.689. The number of imidazole rings is 1. The van der Waals surface area contributed by atoms with Crippen LogP contribution in [0.4, 0.5) is 4.39 Å². The van der Waals surface area contributed by atoms with Gasteiger partial charge >= 0.3 is 0 Å². The zero-order valence-electron chi connectivity index (χ0n) is 12.1. The van der Waals surface area contributed by atoms with E-state index >= 15 is 0 Å². The number of aliphatic hydroxyl groups excluding tert-OH is 1. The van der Waals surface area contributed by atoms with Crippen LogP contribution in [-0.2, 0) is 13.1 Å². The van der Waals surface area contributed by atoms with E-state index in [9.17, 15) is 4.39 Å². The first kappa shape index (κ1) is 14.4. The van der Waals surface area contributed by atoms with Gasteiger partial charge in [-0.3, -0.25) is 4.90 Å². The number of aryl methyl sites for hydroxylation is 1. The summed E-state index contributed by atoms with van der Waals surface area (Å²) in [6.07, 6.45) is 0.678. The molecule has 0 spiro atoms. The molecule has 1 aliphatic heterocycles. The highest BCUT2D eigenvalue weighted by Gasteiger charge is 2.16. The van der Waals surface area contributed by atoms with E-state index in [-0.39, 0.29) is 12.4 Å². The molecule has 6 heteroatoms. The number of rotatable bonds is 5. The van der Waals surface area contributed by atoms with Crippen LogP contribution < -0.4 is 5.32 Å². The molecule has 21 heavy (non-hydrogen) atoms. The van der Waals surface area contributed by atoms with Crippen LogP contribution in [0.2, 0.25) is 0 Å². The van der Waals surface area contributed by atoms with Crippen LogP contribution in [0.5, 0.6) is 0 Å². The van der Waals surface area contributed by atoms with Gasteiger partial charge in [-0.05, 0) is 18.6 Å². The van der Waals surface area contributed by atoms with E-state index < -0.39 is 0 Å². The van der Waals surface area contributed by atoms with E-state index in [0.29, 0.717) is 18.5 Å². The van der Waals surface area contributed by atoms with Gasteiger partial charge in [-0.15, -0.1) is 0 Å². The van der Waals surface area contributed by atoms with Crippen LogP contribution in [-0.4, -0.2) is 52.3 Å². The molecule has 0 saturated carbocycles. The smallest absolute Gasteiger partial charge is 0.125 e. The van der Waals surface area contributed by atoms with Crippen molar-refractivity contribution in [3.8, 4) is 0 Å². The van der Waals surface area contributed by atoms with Crippen molar-refractivity contribution in [3.05, 3.63) is 29.8 Å². The molecule has 1 fully saturated rings. The highest BCUT2D eigenvalue weighted by Crippen LogP contribution is 2.19. The number of aliphatic hydroxyl groups is 1. The molecule has 0 aliphatic carbocycles. The zero-order valence-corrected chi connectivity index (χ0v) is 12.1. The van der Waals surface area contributed by atoms with Gasteiger partial charge in [0.05, 0.1) is 17.6 Å². The van der Waals surface area contributed by atoms with Gasteiger partial charge in [0.2, 0.25) is 0 Å². The molecule has 5 nitrogen and oxygen atoms in total. The summed E-state index contributed by atoms with van der Waals surface area (Å²) in [5.41, 5.74) is 1.63. The number of hydrogen-bond acceptors (Lipinski definition) is 4. The lowest BCUT2D eigenvalue weighted by Crippen LogP contribution is -2.43. The van der Waals surface area contributed by atoms with Gasteiger partial charge in [0.1, 0.15) is 11.6 Å². The number of nitrogens with one attached hydrogen (secondary N) is 1. The minimum absolute atomic E-state index is 0.147. The lowest BCUT2D eigenvalue weighted by atomic mass is 10.3. The molecule has 1 aliphatic rings. The third-order valence-electron chi connectivity index (χ3n) is 3.90. The molecule has 2 heterocycles. The topological polar surface area (TPSA) is 53.3 Å². The van der Waals surface area contributed by atoms with Crippen molar-refractivity contribution in [2.24, 2.45) is 0 Å². The molecule has 0 radical (unpaired) electrons. The van der Waals surface area contributed by atoms with Crippen LogP contribution in [0, 0.1) is 5.82 Å². The highest BCUT2D eigenvalue weighted by atomic mass is 19.1. The second-order valence-electron chi connectivity index (χ2n) is 5.42. The number of halogens is 1. The Balaban J connectivity index is 1.90. The molecule has 1 aromatic carbocycles. The van der Waals surface area contributed by atoms with E-state index in [4.69, 9.17) is 5.11 Å². The summed E-state index contributed by atoms with van der Waals surface area (Å²) in [6.45, 7) is 5.60. The Kier molecular flexibility index (Phi) is 4.48. The van der Waals surface area contributed by atoms with Crippen LogP contribution >= 0.6 is 0 Å². The van der Waals surface area contributed by atoms with Gasteiger partial charge in [0.25, 0.3) is 0 Å². The molecule has 0 atom stereocenters. The number of piperazine rings is 1. The van der Waals surface area contributed by atoms with Gasteiger partial charge < -0.3 is 15.0 Å². The first-order chi connectivity index (χ1) is 10.3. The summed E-state index contributed by atoms with van der Waals surface area (Å²) in [4.78, 5) is 6.95. The second-order valence-corrected chi connectivity index (χ2v) is 5.42. The Bertz CT molecular complexity index is 607. The fourth-order valence-corrected chi connectivity index (χ4v) is 2.82. The fraction of sp³-hybridized carbons (Fsp3) is 0.533. The van der Waals surface area contributed by atoms with Gasteiger partial charge in [0.15, 0.2) is 0 Å². The normalized spacial score (nSPS) is 16.7. The molecule has 0 amide bonds. The SMILES string of the molecule is OCCCn1c(CN2CCNCC2)nc2cc(F)ccc21. The van der Waals surface area contributed by atoms with Crippen molar-refractivity contribution in [1.82, 2.24) is 19.8 Å². The first-order valence-corrected chi connectivity index (χ1v) is 7.46. The Morgan fingerprint density at radius 2 is 2.10 bits per heavy atom. The monoisotopic (exact) mass is 292 g/mol. The van der Waals surface area contributed by atoms with Crippen molar-refractivity contribution >= 4 is 11.0 Å². The predicted octanol–water partition coefficient (Wildman–Crippen LogP) is 0.963. The molecule has 2 aromatic rings. The lowest BCUT2D eigenvalue weighted by molar-refractivity contribution is 0.224. The average molecular weight is 292 g/mol. The summed E-state index contributed by atoms with van der Waals surface area (Å²) in [7, 11) is 0. The Labute approximate surface area is 123 Å². The van der Waals surface area contributed by atoms with Crippen molar-refractivity contribution in [2.45, 2.75) is 19.5 Å². The molecular formula is C15H21FN4O. The maximum absolute atomic E-state index is 13.4. The molecule has 114 valence electrons. The molecule has 3 rings (SSSR count). The number of aromatic nitrogens is 2. The zero-order chi connectivity index (χ0) is 14.7. The molecule has 1 saturated heterocycles. The maximum atomic E-state index is 13.4. The van der Waals surface area contributed by atoms with Gasteiger partial charge in [-0.2, -0.15) is 0 Å². The lowest BCUT2D eigenvalue weighted by Gasteiger charge is -2.27. The first-order valence-electron chi connectivity index (χ1n) is 7.46. The standard InChI is InChI=1S/C15H21FN4O/c16-12-2-3-14-13(10-12)18-15(20(14)6-1-9-21)11-19-7-4-17-5-8-19/h2-3,10,17,21H,1,4-9,11H2. The van der Waals surface area contributed by atoms with Crippen LogP contribution in [0.1, 0.15) is 12.2 Å². The predicted molar refractivity (Wildman–Crippen MR) is 79.5 cm³/mol. The maximum Gasteiger partial charge on any atom is 0.125 e. The summed E-state index contributed by atoms with van der Waals surface area (Å²) in [5, 5.41) is 12.4. The van der Waals surface area contributed by atoms with Crippen LogP contribution in [0.15, 0.2) is 18.2 Å². The van der Waals surface area contributed by atoms with Crippen LogP contribution in [0.3, 0.4) is 0 Å². The van der Waals surface area contributed by atoms with Crippen molar-refractivity contribution in [1.29, 1.82) is 0 Å². The minimum atomic E-state index is -0.261. The van der Waals surface area contributed by atoms with Gasteiger partial charge in [0, 0.05) is 45.4 Å². The number of nitrogens with zero attached hydrogens (tertiary/aromatic N) is 3. The highest BCUT2D eigenvalue weighted by molar-refractivity contribution is 5.76. The van der Waals surface area contributed by atoms with Gasteiger partial charge in [-0.25, -0.2) is 9.37 Å². The third-order valence-corrected chi connectivity index (χ3v) is 3.90.